The number of rotatable bonds is 3. The Bertz CT molecular complexity index is 503. The van der Waals surface area contributed by atoms with E-state index in [1.54, 1.807) is 11.3 Å². The lowest BCUT2D eigenvalue weighted by Gasteiger charge is -2.23. The molecule has 2 N–H and O–H groups in total. The molecule has 1 heterocycles. The second kappa shape index (κ2) is 4.43. The summed E-state index contributed by atoms with van der Waals surface area (Å²) in [5.41, 5.74) is 6.93. The summed E-state index contributed by atoms with van der Waals surface area (Å²) in [7, 11) is 0. The summed E-state index contributed by atoms with van der Waals surface area (Å²) in [5.74, 6) is 0. The highest BCUT2D eigenvalue weighted by Gasteiger charge is 2.26. The average molecular weight is 299 g/mol. The van der Waals surface area contributed by atoms with Crippen molar-refractivity contribution in [1.29, 1.82) is 0 Å². The fraction of sp³-hybridized carbons (Fsp3) is 0.417. The van der Waals surface area contributed by atoms with Crippen LogP contribution in [0.1, 0.15) is 25.3 Å². The van der Waals surface area contributed by atoms with Crippen LogP contribution in [-0.4, -0.2) is 11.5 Å². The van der Waals surface area contributed by atoms with Gasteiger partial charge in [0.1, 0.15) is 5.01 Å². The summed E-state index contributed by atoms with van der Waals surface area (Å²) in [6, 6.07) is 6.19. The number of hydrogen-bond acceptors (Lipinski definition) is 3. The molecule has 1 aromatic heterocycles. The highest BCUT2D eigenvalue weighted by molar-refractivity contribution is 9.10. The lowest BCUT2D eigenvalue weighted by molar-refractivity contribution is 0.465. The molecule has 2 aromatic rings. The maximum absolute atomic E-state index is 5.86. The quantitative estimate of drug-likeness (QED) is 0.939. The number of fused-ring (bicyclic) bond motifs is 1. The van der Waals surface area contributed by atoms with Crippen LogP contribution in [0.5, 0.6) is 0 Å². The van der Waals surface area contributed by atoms with Crippen molar-refractivity contribution < 1.29 is 0 Å². The van der Waals surface area contributed by atoms with Gasteiger partial charge < -0.3 is 5.73 Å². The summed E-state index contributed by atoms with van der Waals surface area (Å²) in [6.45, 7) is 4.99. The van der Waals surface area contributed by atoms with Gasteiger partial charge in [0, 0.05) is 16.4 Å². The minimum absolute atomic E-state index is 0.0101. The molecule has 2 rings (SSSR count). The number of benzene rings is 1. The van der Waals surface area contributed by atoms with Crippen LogP contribution < -0.4 is 5.73 Å². The number of nitrogens with zero attached hydrogens (tertiary/aromatic N) is 1. The first-order valence-corrected chi connectivity index (χ1v) is 6.96. The smallest absolute Gasteiger partial charge is 0.101 e. The van der Waals surface area contributed by atoms with Crippen molar-refractivity contribution in [2.24, 2.45) is 5.73 Å². The van der Waals surface area contributed by atoms with Crippen molar-refractivity contribution >= 4 is 37.5 Å². The Kier molecular flexibility index (Phi) is 3.33. The average Bonchev–Trinajstić information content (AvgIpc) is 2.71. The van der Waals surface area contributed by atoms with Crippen LogP contribution in [0.2, 0.25) is 0 Å². The van der Waals surface area contributed by atoms with Crippen LogP contribution in [0.25, 0.3) is 10.2 Å². The fourth-order valence-electron chi connectivity index (χ4n) is 1.54. The summed E-state index contributed by atoms with van der Waals surface area (Å²) >= 11 is 5.23. The summed E-state index contributed by atoms with van der Waals surface area (Å²) < 4.78 is 2.32. The zero-order valence-corrected chi connectivity index (χ0v) is 11.9. The molecular weight excluding hydrogens is 284 g/mol. The van der Waals surface area contributed by atoms with E-state index in [9.17, 15) is 0 Å². The second-order valence-electron chi connectivity index (χ2n) is 4.25. The van der Waals surface area contributed by atoms with E-state index in [2.05, 4.69) is 40.8 Å². The first-order chi connectivity index (χ1) is 7.59. The Morgan fingerprint density at radius 1 is 1.50 bits per heavy atom. The largest absolute Gasteiger partial charge is 0.330 e. The Balaban J connectivity index is 2.54. The van der Waals surface area contributed by atoms with Crippen molar-refractivity contribution in [2.45, 2.75) is 25.7 Å². The molecule has 0 spiro atoms. The molecule has 0 fully saturated rings. The topological polar surface area (TPSA) is 38.9 Å². The molecule has 4 heteroatoms. The van der Waals surface area contributed by atoms with Crippen LogP contribution in [-0.2, 0) is 5.41 Å². The Morgan fingerprint density at radius 3 is 2.88 bits per heavy atom. The fourth-order valence-corrected chi connectivity index (χ4v) is 3.28. The highest BCUT2D eigenvalue weighted by atomic mass is 79.9. The first-order valence-electron chi connectivity index (χ1n) is 5.35. The minimum Gasteiger partial charge on any atom is -0.330 e. The van der Waals surface area contributed by atoms with Gasteiger partial charge in [-0.3, -0.25) is 0 Å². The Hall–Kier alpha value is -0.450. The normalized spacial score (nSPS) is 15.2. The van der Waals surface area contributed by atoms with Gasteiger partial charge >= 0.3 is 0 Å². The van der Waals surface area contributed by atoms with Crippen molar-refractivity contribution in [3.8, 4) is 0 Å². The number of nitrogens with two attached hydrogens (primary N) is 1. The van der Waals surface area contributed by atoms with E-state index >= 15 is 0 Å². The molecule has 0 saturated heterocycles. The van der Waals surface area contributed by atoms with Crippen molar-refractivity contribution in [1.82, 2.24) is 4.98 Å². The number of aromatic nitrogens is 1. The molecule has 1 unspecified atom stereocenters. The molecule has 1 aromatic carbocycles. The van der Waals surface area contributed by atoms with Crippen molar-refractivity contribution in [3.63, 3.8) is 0 Å². The molecule has 0 aliphatic carbocycles. The van der Waals surface area contributed by atoms with Gasteiger partial charge in [-0.1, -0.05) is 29.8 Å². The van der Waals surface area contributed by atoms with Gasteiger partial charge in [0.05, 0.1) is 10.2 Å². The van der Waals surface area contributed by atoms with E-state index in [-0.39, 0.29) is 5.41 Å². The molecule has 0 aliphatic rings. The molecule has 0 saturated carbocycles. The van der Waals surface area contributed by atoms with Crippen LogP contribution in [0, 0.1) is 0 Å². The van der Waals surface area contributed by atoms with Gasteiger partial charge in [-0.15, -0.1) is 11.3 Å². The van der Waals surface area contributed by atoms with E-state index in [0.717, 1.165) is 21.4 Å². The number of thiazole rings is 1. The second-order valence-corrected chi connectivity index (χ2v) is 6.20. The maximum Gasteiger partial charge on any atom is 0.101 e. The molecule has 86 valence electrons. The van der Waals surface area contributed by atoms with Gasteiger partial charge in [0.15, 0.2) is 0 Å². The standard InChI is InChI=1S/C12H15BrN2S/c1-3-12(2,7-14)11-15-9-5-4-8(13)6-10(9)16-11/h4-6H,3,7,14H2,1-2H3. The third kappa shape index (κ3) is 2.01. The number of hydrogen-bond donors (Lipinski definition) is 1. The zero-order chi connectivity index (χ0) is 11.8. The van der Waals surface area contributed by atoms with Gasteiger partial charge in [0.2, 0.25) is 0 Å². The Labute approximate surface area is 108 Å². The van der Waals surface area contributed by atoms with Gasteiger partial charge in [0.25, 0.3) is 0 Å². The molecule has 16 heavy (non-hydrogen) atoms. The van der Waals surface area contributed by atoms with Crippen LogP contribution in [0.4, 0.5) is 0 Å². The lowest BCUT2D eigenvalue weighted by Crippen LogP contribution is -2.30. The van der Waals surface area contributed by atoms with Crippen LogP contribution >= 0.6 is 27.3 Å². The number of halogens is 1. The van der Waals surface area contributed by atoms with E-state index < -0.39 is 0 Å². The van der Waals surface area contributed by atoms with Gasteiger partial charge in [-0.2, -0.15) is 0 Å². The first kappa shape index (κ1) is 12.0. The molecule has 1 atom stereocenters. The molecule has 2 nitrogen and oxygen atoms in total. The predicted molar refractivity (Wildman–Crippen MR) is 74.0 cm³/mol. The van der Waals surface area contributed by atoms with Crippen LogP contribution in [0.3, 0.4) is 0 Å². The summed E-state index contributed by atoms with van der Waals surface area (Å²) in [5, 5.41) is 1.14. The van der Waals surface area contributed by atoms with Crippen molar-refractivity contribution in [2.75, 3.05) is 6.54 Å². The van der Waals surface area contributed by atoms with Crippen LogP contribution in [0.15, 0.2) is 22.7 Å². The van der Waals surface area contributed by atoms with E-state index in [0.29, 0.717) is 6.54 Å². The third-order valence-electron chi connectivity index (χ3n) is 3.10. The summed E-state index contributed by atoms with van der Waals surface area (Å²) in [6.07, 6.45) is 1.02. The molecule has 0 radical (unpaired) electrons. The van der Waals surface area contributed by atoms with Gasteiger partial charge in [-0.05, 0) is 24.6 Å². The van der Waals surface area contributed by atoms with E-state index in [4.69, 9.17) is 5.73 Å². The third-order valence-corrected chi connectivity index (χ3v) is 4.92. The maximum atomic E-state index is 5.86. The van der Waals surface area contributed by atoms with Gasteiger partial charge in [-0.25, -0.2) is 4.98 Å². The lowest BCUT2D eigenvalue weighted by atomic mass is 9.89. The van der Waals surface area contributed by atoms with E-state index in [1.807, 2.05) is 12.1 Å². The SMILES string of the molecule is CCC(C)(CN)c1nc2ccc(Br)cc2s1. The summed E-state index contributed by atoms with van der Waals surface area (Å²) in [4.78, 5) is 4.69. The van der Waals surface area contributed by atoms with Crippen molar-refractivity contribution in [3.05, 3.63) is 27.7 Å². The molecular formula is C12H15BrN2S. The zero-order valence-electron chi connectivity index (χ0n) is 9.46. The Morgan fingerprint density at radius 2 is 2.25 bits per heavy atom. The molecule has 0 amide bonds. The highest BCUT2D eigenvalue weighted by Crippen LogP contribution is 2.34. The van der Waals surface area contributed by atoms with E-state index in [1.165, 1.54) is 4.70 Å². The predicted octanol–water partition coefficient (Wildman–Crippen LogP) is 3.69. The minimum atomic E-state index is 0.0101. The molecule has 0 aliphatic heterocycles. The molecule has 0 bridgehead atoms. The monoisotopic (exact) mass is 298 g/mol.